The van der Waals surface area contributed by atoms with Crippen LogP contribution in [0.25, 0.3) is 11.4 Å². The molecule has 120 valence electrons. The maximum Gasteiger partial charge on any atom is 0.257 e. The highest BCUT2D eigenvalue weighted by molar-refractivity contribution is 5.57. The Morgan fingerprint density at radius 2 is 2.05 bits per heavy atom. The lowest BCUT2D eigenvalue weighted by atomic mass is 10.1. The third-order valence-electron chi connectivity index (χ3n) is 3.81. The Bertz CT molecular complexity index is 638. The molecule has 0 spiro atoms. The molecular formula is C15H23N5O2. The van der Waals surface area contributed by atoms with Gasteiger partial charge in [-0.25, -0.2) is 0 Å². The Labute approximate surface area is 130 Å². The van der Waals surface area contributed by atoms with Gasteiger partial charge in [-0.05, 0) is 19.9 Å². The van der Waals surface area contributed by atoms with Crippen molar-refractivity contribution in [3.63, 3.8) is 0 Å². The number of morpholine rings is 1. The predicted octanol–water partition coefficient (Wildman–Crippen LogP) is 1.99. The van der Waals surface area contributed by atoms with Crippen LogP contribution in [0.1, 0.15) is 44.4 Å². The fourth-order valence-electron chi connectivity index (χ4n) is 2.88. The molecule has 7 heteroatoms. The number of aryl methyl sites for hydroxylation is 1. The van der Waals surface area contributed by atoms with E-state index in [0.717, 1.165) is 24.3 Å². The number of ether oxygens (including phenoxy) is 1. The molecular weight excluding hydrogens is 282 g/mol. The summed E-state index contributed by atoms with van der Waals surface area (Å²) in [5.74, 6) is 1.42. The van der Waals surface area contributed by atoms with Gasteiger partial charge in [0.05, 0.1) is 17.4 Å². The van der Waals surface area contributed by atoms with Crippen LogP contribution in [-0.2, 0) is 11.8 Å². The van der Waals surface area contributed by atoms with Crippen molar-refractivity contribution in [2.75, 3.05) is 20.1 Å². The number of rotatable bonds is 3. The number of hydrogen-bond acceptors (Lipinski definition) is 6. The van der Waals surface area contributed by atoms with Gasteiger partial charge in [0.25, 0.3) is 5.89 Å². The highest BCUT2D eigenvalue weighted by Crippen LogP contribution is 2.29. The number of likely N-dealkylation sites (N-methyl/N-ethyl adjacent to an activating group) is 1. The van der Waals surface area contributed by atoms with E-state index in [9.17, 15) is 0 Å². The van der Waals surface area contributed by atoms with E-state index in [1.165, 1.54) is 0 Å². The summed E-state index contributed by atoms with van der Waals surface area (Å²) in [5, 5.41) is 8.62. The second-order valence-electron chi connectivity index (χ2n) is 6.37. The number of hydrogen-bond donors (Lipinski definition) is 0. The average Bonchev–Trinajstić information content (AvgIpc) is 3.03. The summed E-state index contributed by atoms with van der Waals surface area (Å²) in [6, 6.07) is 0. The topological polar surface area (TPSA) is 69.2 Å². The van der Waals surface area contributed by atoms with Crippen LogP contribution < -0.4 is 0 Å². The number of aromatic nitrogens is 4. The molecule has 1 aliphatic rings. The first-order valence-electron chi connectivity index (χ1n) is 7.65. The van der Waals surface area contributed by atoms with E-state index in [1.54, 1.807) is 4.68 Å². The van der Waals surface area contributed by atoms with Crippen molar-refractivity contribution >= 4 is 0 Å². The largest absolute Gasteiger partial charge is 0.363 e. The van der Waals surface area contributed by atoms with Crippen LogP contribution in [0.15, 0.2) is 10.7 Å². The van der Waals surface area contributed by atoms with Crippen molar-refractivity contribution in [3.8, 4) is 11.4 Å². The molecule has 7 nitrogen and oxygen atoms in total. The van der Waals surface area contributed by atoms with Crippen molar-refractivity contribution in [2.24, 2.45) is 7.05 Å². The van der Waals surface area contributed by atoms with E-state index in [1.807, 2.05) is 13.2 Å². The van der Waals surface area contributed by atoms with Crippen LogP contribution in [0.4, 0.5) is 0 Å². The Morgan fingerprint density at radius 1 is 1.27 bits per heavy atom. The maximum atomic E-state index is 5.92. The minimum Gasteiger partial charge on any atom is -0.363 e. The Morgan fingerprint density at radius 3 is 2.73 bits per heavy atom. The zero-order valence-corrected chi connectivity index (χ0v) is 13.8. The first-order valence-corrected chi connectivity index (χ1v) is 7.65. The minimum absolute atomic E-state index is 0.156. The predicted molar refractivity (Wildman–Crippen MR) is 81.4 cm³/mol. The van der Waals surface area contributed by atoms with E-state index >= 15 is 0 Å². The van der Waals surface area contributed by atoms with Crippen LogP contribution in [0.2, 0.25) is 0 Å². The second kappa shape index (κ2) is 5.81. The van der Waals surface area contributed by atoms with Gasteiger partial charge < -0.3 is 14.2 Å². The third kappa shape index (κ3) is 2.91. The second-order valence-corrected chi connectivity index (χ2v) is 6.37. The molecule has 3 heterocycles. The molecule has 0 unspecified atom stereocenters. The summed E-state index contributed by atoms with van der Waals surface area (Å²) >= 11 is 0. The van der Waals surface area contributed by atoms with Crippen molar-refractivity contribution in [2.45, 2.75) is 38.9 Å². The molecule has 2 aromatic heterocycles. The van der Waals surface area contributed by atoms with Gasteiger partial charge in [0.1, 0.15) is 6.10 Å². The van der Waals surface area contributed by atoms with Crippen LogP contribution in [0, 0.1) is 0 Å². The van der Waals surface area contributed by atoms with E-state index < -0.39 is 0 Å². The van der Waals surface area contributed by atoms with Crippen LogP contribution >= 0.6 is 0 Å². The summed E-state index contributed by atoms with van der Waals surface area (Å²) in [5.41, 5.74) is 1.90. The van der Waals surface area contributed by atoms with Gasteiger partial charge in [0.15, 0.2) is 0 Å². The maximum absolute atomic E-state index is 5.92. The highest BCUT2D eigenvalue weighted by Gasteiger charge is 2.29. The average molecular weight is 305 g/mol. The van der Waals surface area contributed by atoms with Crippen molar-refractivity contribution in [1.82, 2.24) is 24.8 Å². The quantitative estimate of drug-likeness (QED) is 0.863. The summed E-state index contributed by atoms with van der Waals surface area (Å²) in [6.07, 6.45) is 1.92. The van der Waals surface area contributed by atoms with Crippen molar-refractivity contribution < 1.29 is 9.26 Å². The van der Waals surface area contributed by atoms with Crippen molar-refractivity contribution in [3.05, 3.63) is 17.8 Å². The zero-order valence-electron chi connectivity index (χ0n) is 13.8. The molecule has 1 saturated heterocycles. The molecule has 1 fully saturated rings. The SMILES string of the molecule is CC(C)c1nn(C)cc1-c1noc([C@H]2CN(C)C[C@@H](C)O2)n1. The molecule has 2 aromatic rings. The monoisotopic (exact) mass is 305 g/mol. The Hall–Kier alpha value is -1.73. The van der Waals surface area contributed by atoms with Gasteiger partial charge in [-0.15, -0.1) is 0 Å². The van der Waals surface area contributed by atoms with Gasteiger partial charge in [-0.3, -0.25) is 4.68 Å². The lowest BCUT2D eigenvalue weighted by molar-refractivity contribution is -0.0838. The van der Waals surface area contributed by atoms with Gasteiger partial charge in [0.2, 0.25) is 5.82 Å². The molecule has 0 radical (unpaired) electrons. The molecule has 0 bridgehead atoms. The number of nitrogens with zero attached hydrogens (tertiary/aromatic N) is 5. The van der Waals surface area contributed by atoms with Crippen molar-refractivity contribution in [1.29, 1.82) is 0 Å². The first kappa shape index (κ1) is 15.2. The van der Waals surface area contributed by atoms with Gasteiger partial charge in [-0.2, -0.15) is 10.1 Å². The summed E-state index contributed by atoms with van der Waals surface area (Å²) in [7, 11) is 3.97. The molecule has 0 aromatic carbocycles. The van der Waals surface area contributed by atoms with E-state index in [-0.39, 0.29) is 12.2 Å². The molecule has 3 rings (SSSR count). The zero-order chi connectivity index (χ0) is 15.9. The third-order valence-corrected chi connectivity index (χ3v) is 3.81. The lowest BCUT2D eigenvalue weighted by Gasteiger charge is -2.32. The molecule has 0 aliphatic carbocycles. The minimum atomic E-state index is -0.172. The van der Waals surface area contributed by atoms with Crippen LogP contribution in [0.5, 0.6) is 0 Å². The summed E-state index contributed by atoms with van der Waals surface area (Å²) in [4.78, 5) is 6.76. The summed E-state index contributed by atoms with van der Waals surface area (Å²) in [6.45, 7) is 7.94. The van der Waals surface area contributed by atoms with E-state index in [2.05, 4.69) is 48.0 Å². The fourth-order valence-corrected chi connectivity index (χ4v) is 2.88. The molecule has 0 N–H and O–H groups in total. The Balaban J connectivity index is 1.88. The first-order chi connectivity index (χ1) is 10.4. The van der Waals surface area contributed by atoms with Crippen LogP contribution in [-0.4, -0.2) is 51.1 Å². The van der Waals surface area contributed by atoms with E-state index in [0.29, 0.717) is 17.6 Å². The molecule has 2 atom stereocenters. The molecule has 1 aliphatic heterocycles. The van der Waals surface area contributed by atoms with Gasteiger partial charge >= 0.3 is 0 Å². The van der Waals surface area contributed by atoms with E-state index in [4.69, 9.17) is 9.26 Å². The normalized spacial score (nSPS) is 23.4. The van der Waals surface area contributed by atoms with Gasteiger partial charge in [-0.1, -0.05) is 19.0 Å². The molecule has 22 heavy (non-hydrogen) atoms. The van der Waals surface area contributed by atoms with Gasteiger partial charge in [0, 0.05) is 26.3 Å². The molecule has 0 amide bonds. The fraction of sp³-hybridized carbons (Fsp3) is 0.667. The standard InChI is InChI=1S/C15H23N5O2/c1-9(2)13-11(7-20(5)17-13)14-16-15(22-18-14)12-8-19(4)6-10(3)21-12/h7,9-10,12H,6,8H2,1-5H3/t10-,12-/m1/s1. The lowest BCUT2D eigenvalue weighted by Crippen LogP contribution is -2.40. The smallest absolute Gasteiger partial charge is 0.257 e. The Kier molecular flexibility index (Phi) is 4.01. The molecule has 0 saturated carbocycles. The highest BCUT2D eigenvalue weighted by atomic mass is 16.5. The van der Waals surface area contributed by atoms with Crippen LogP contribution in [0.3, 0.4) is 0 Å². The summed E-state index contributed by atoms with van der Waals surface area (Å²) < 4.78 is 13.2.